The SMILES string of the molecule is OC1OC1c1c(Oc2ccc(OC(F)(F)F)cc2)ccc(C(F)(F)F)c1F. The molecular formula is C16H9F7O4. The number of hydrogen-bond acceptors (Lipinski definition) is 4. The molecule has 1 fully saturated rings. The van der Waals surface area contributed by atoms with Gasteiger partial charge in [-0.25, -0.2) is 4.39 Å². The molecule has 11 heteroatoms. The van der Waals surface area contributed by atoms with Gasteiger partial charge in [-0.05, 0) is 36.4 Å². The number of epoxide rings is 1. The van der Waals surface area contributed by atoms with Crippen molar-refractivity contribution in [2.75, 3.05) is 0 Å². The van der Waals surface area contributed by atoms with Crippen LogP contribution in [0, 0.1) is 5.82 Å². The topological polar surface area (TPSA) is 51.2 Å². The van der Waals surface area contributed by atoms with Crippen LogP contribution in [0.2, 0.25) is 0 Å². The van der Waals surface area contributed by atoms with Crippen molar-refractivity contribution in [3.63, 3.8) is 0 Å². The van der Waals surface area contributed by atoms with Crippen LogP contribution in [0.15, 0.2) is 36.4 Å². The molecule has 0 aliphatic carbocycles. The molecule has 0 aromatic heterocycles. The van der Waals surface area contributed by atoms with Crippen LogP contribution in [-0.2, 0) is 10.9 Å². The molecule has 1 heterocycles. The maximum absolute atomic E-state index is 14.3. The Morgan fingerprint density at radius 2 is 1.44 bits per heavy atom. The molecule has 3 rings (SSSR count). The average Bonchev–Trinajstić information content (AvgIpc) is 3.23. The van der Waals surface area contributed by atoms with Crippen molar-refractivity contribution >= 4 is 0 Å². The van der Waals surface area contributed by atoms with Gasteiger partial charge in [0.05, 0.1) is 11.1 Å². The first-order valence-corrected chi connectivity index (χ1v) is 7.22. The standard InChI is InChI=1S/C16H9F7O4/c17-12-9(15(18,19)20)5-6-10(11(12)13-14(24)26-13)25-7-1-3-8(4-2-7)27-16(21,22)23/h1-6,13-14,24H. The largest absolute Gasteiger partial charge is 0.573 e. The lowest BCUT2D eigenvalue weighted by atomic mass is 10.0. The van der Waals surface area contributed by atoms with Crippen LogP contribution >= 0.6 is 0 Å². The summed E-state index contributed by atoms with van der Waals surface area (Å²) in [7, 11) is 0. The number of hydrogen-bond donors (Lipinski definition) is 1. The molecule has 1 aliphatic rings. The Hall–Kier alpha value is -2.53. The zero-order chi connectivity index (χ0) is 20.0. The van der Waals surface area contributed by atoms with Gasteiger partial charge >= 0.3 is 12.5 Å². The Labute approximate surface area is 146 Å². The molecule has 27 heavy (non-hydrogen) atoms. The molecule has 1 N–H and O–H groups in total. The Balaban J connectivity index is 1.90. The van der Waals surface area contributed by atoms with Crippen LogP contribution in [0.4, 0.5) is 30.7 Å². The van der Waals surface area contributed by atoms with Gasteiger partial charge in [0.15, 0.2) is 6.29 Å². The molecule has 0 radical (unpaired) electrons. The average molecular weight is 398 g/mol. The Morgan fingerprint density at radius 1 is 0.889 bits per heavy atom. The summed E-state index contributed by atoms with van der Waals surface area (Å²) in [6, 6.07) is 5.19. The zero-order valence-corrected chi connectivity index (χ0v) is 12.9. The second-order valence-corrected chi connectivity index (χ2v) is 5.41. The minimum absolute atomic E-state index is 0.0972. The molecule has 2 aromatic rings. The molecule has 0 bridgehead atoms. The highest BCUT2D eigenvalue weighted by atomic mass is 19.4. The summed E-state index contributed by atoms with van der Waals surface area (Å²) in [5.74, 6) is -2.69. The fraction of sp³-hybridized carbons (Fsp3) is 0.250. The number of aliphatic hydroxyl groups excluding tert-OH is 1. The number of benzene rings is 2. The smallest absolute Gasteiger partial charge is 0.457 e. The second-order valence-electron chi connectivity index (χ2n) is 5.41. The van der Waals surface area contributed by atoms with Crippen LogP contribution in [0.5, 0.6) is 17.2 Å². The minimum atomic E-state index is -4.98. The van der Waals surface area contributed by atoms with E-state index in [0.29, 0.717) is 6.07 Å². The van der Waals surface area contributed by atoms with Crippen molar-refractivity contribution in [3.8, 4) is 17.2 Å². The summed E-state index contributed by atoms with van der Waals surface area (Å²) < 4.78 is 103. The van der Waals surface area contributed by atoms with Gasteiger partial charge in [0.1, 0.15) is 29.2 Å². The van der Waals surface area contributed by atoms with Crippen molar-refractivity contribution in [2.45, 2.75) is 24.9 Å². The van der Waals surface area contributed by atoms with E-state index >= 15 is 0 Å². The predicted molar refractivity (Wildman–Crippen MR) is 74.4 cm³/mol. The predicted octanol–water partition coefficient (Wildman–Crippen LogP) is 4.93. The molecule has 2 aromatic carbocycles. The molecule has 2 atom stereocenters. The van der Waals surface area contributed by atoms with Gasteiger partial charge in [0, 0.05) is 0 Å². The Kier molecular flexibility index (Phi) is 4.68. The molecular weight excluding hydrogens is 389 g/mol. The lowest BCUT2D eigenvalue weighted by Gasteiger charge is -2.15. The molecule has 1 saturated heterocycles. The first kappa shape index (κ1) is 19.2. The number of ether oxygens (including phenoxy) is 3. The second kappa shape index (κ2) is 6.57. The molecule has 0 amide bonds. The Bertz CT molecular complexity index is 830. The van der Waals surface area contributed by atoms with E-state index in [0.717, 1.165) is 30.3 Å². The van der Waals surface area contributed by atoms with Gasteiger partial charge in [-0.2, -0.15) is 13.2 Å². The quantitative estimate of drug-likeness (QED) is 0.587. The van der Waals surface area contributed by atoms with Crippen LogP contribution in [0.25, 0.3) is 0 Å². The van der Waals surface area contributed by atoms with Gasteiger partial charge in [-0.1, -0.05) is 0 Å². The van der Waals surface area contributed by atoms with E-state index in [9.17, 15) is 35.8 Å². The molecule has 1 aliphatic heterocycles. The lowest BCUT2D eigenvalue weighted by Crippen LogP contribution is -2.16. The molecule has 0 saturated carbocycles. The third-order valence-electron chi connectivity index (χ3n) is 3.48. The number of halogens is 7. The number of alkyl halides is 6. The fourth-order valence-corrected chi connectivity index (χ4v) is 2.30. The number of rotatable bonds is 4. The summed E-state index contributed by atoms with van der Waals surface area (Å²) in [6.07, 6.45) is -12.7. The van der Waals surface area contributed by atoms with E-state index in [4.69, 9.17) is 4.74 Å². The highest BCUT2D eigenvalue weighted by Crippen LogP contribution is 2.47. The third kappa shape index (κ3) is 4.42. The van der Waals surface area contributed by atoms with E-state index in [1.54, 1.807) is 0 Å². The molecule has 4 nitrogen and oxygen atoms in total. The lowest BCUT2D eigenvalue weighted by molar-refractivity contribution is -0.274. The summed E-state index contributed by atoms with van der Waals surface area (Å²) >= 11 is 0. The summed E-state index contributed by atoms with van der Waals surface area (Å²) in [6.45, 7) is 0. The van der Waals surface area contributed by atoms with E-state index in [2.05, 4.69) is 9.47 Å². The van der Waals surface area contributed by atoms with Gasteiger partial charge in [0.2, 0.25) is 0 Å². The highest BCUT2D eigenvalue weighted by molar-refractivity contribution is 5.46. The zero-order valence-electron chi connectivity index (χ0n) is 12.9. The van der Waals surface area contributed by atoms with Crippen LogP contribution < -0.4 is 9.47 Å². The molecule has 2 unspecified atom stereocenters. The maximum atomic E-state index is 14.3. The molecule has 146 valence electrons. The summed E-state index contributed by atoms with van der Waals surface area (Å²) in [4.78, 5) is 0. The maximum Gasteiger partial charge on any atom is 0.573 e. The van der Waals surface area contributed by atoms with Gasteiger partial charge in [-0.3, -0.25) is 0 Å². The number of aliphatic hydroxyl groups is 1. The van der Waals surface area contributed by atoms with E-state index in [-0.39, 0.29) is 11.5 Å². The van der Waals surface area contributed by atoms with Crippen molar-refractivity contribution in [3.05, 3.63) is 53.3 Å². The first-order valence-electron chi connectivity index (χ1n) is 7.22. The van der Waals surface area contributed by atoms with Crippen molar-refractivity contribution in [1.29, 1.82) is 0 Å². The minimum Gasteiger partial charge on any atom is -0.457 e. The van der Waals surface area contributed by atoms with E-state index in [1.807, 2.05) is 0 Å². The van der Waals surface area contributed by atoms with Crippen LogP contribution in [0.3, 0.4) is 0 Å². The van der Waals surface area contributed by atoms with Crippen molar-refractivity contribution in [2.24, 2.45) is 0 Å². The van der Waals surface area contributed by atoms with Gasteiger partial charge in [0.25, 0.3) is 0 Å². The van der Waals surface area contributed by atoms with Gasteiger partial charge < -0.3 is 19.3 Å². The molecule has 0 spiro atoms. The first-order chi connectivity index (χ1) is 12.5. The van der Waals surface area contributed by atoms with Gasteiger partial charge in [-0.15, -0.1) is 13.2 Å². The van der Waals surface area contributed by atoms with E-state index < -0.39 is 47.6 Å². The Morgan fingerprint density at radius 3 is 1.93 bits per heavy atom. The normalized spacial score (nSPS) is 19.7. The van der Waals surface area contributed by atoms with Crippen molar-refractivity contribution < 1.29 is 50.1 Å². The summed E-state index contributed by atoms with van der Waals surface area (Å²) in [5.41, 5.74) is -2.21. The van der Waals surface area contributed by atoms with Crippen LogP contribution in [-0.4, -0.2) is 17.8 Å². The third-order valence-corrected chi connectivity index (χ3v) is 3.48. The summed E-state index contributed by atoms with van der Waals surface area (Å²) in [5, 5.41) is 9.28. The van der Waals surface area contributed by atoms with Crippen LogP contribution in [0.1, 0.15) is 17.2 Å². The fourth-order valence-electron chi connectivity index (χ4n) is 2.30. The van der Waals surface area contributed by atoms with Crippen molar-refractivity contribution in [1.82, 2.24) is 0 Å². The van der Waals surface area contributed by atoms with E-state index in [1.165, 1.54) is 0 Å². The highest BCUT2D eigenvalue weighted by Gasteiger charge is 2.46. The monoisotopic (exact) mass is 398 g/mol.